The number of hydrogen-bond donors (Lipinski definition) is 1. The van der Waals surface area contributed by atoms with E-state index in [-0.39, 0.29) is 11.5 Å². The molecule has 1 saturated heterocycles. The molecule has 0 amide bonds. The van der Waals surface area contributed by atoms with E-state index in [1.807, 2.05) is 0 Å². The second-order valence-electron chi connectivity index (χ2n) is 15.7. The quantitative estimate of drug-likeness (QED) is 0.428. The van der Waals surface area contributed by atoms with Gasteiger partial charge in [0.1, 0.15) is 0 Å². The average Bonchev–Trinajstić information content (AvgIpc) is 3.05. The number of hydrogen-bond acceptors (Lipinski definition) is 2. The maximum atomic E-state index is 10.9. The van der Waals surface area contributed by atoms with Gasteiger partial charge in [0.2, 0.25) is 0 Å². The van der Waals surface area contributed by atoms with Crippen molar-refractivity contribution in [2.75, 3.05) is 6.61 Å². The highest BCUT2D eigenvalue weighted by atomic mass is 16.5. The summed E-state index contributed by atoms with van der Waals surface area (Å²) in [6.07, 6.45) is 13.7. The molecule has 10 atom stereocenters. The minimum Gasteiger partial charge on any atom is -0.393 e. The van der Waals surface area contributed by atoms with Gasteiger partial charge in [0, 0.05) is 0 Å². The van der Waals surface area contributed by atoms with E-state index in [0.717, 1.165) is 30.8 Å². The van der Waals surface area contributed by atoms with Crippen LogP contribution in [0.5, 0.6) is 0 Å². The van der Waals surface area contributed by atoms with Crippen molar-refractivity contribution in [3.8, 4) is 0 Å². The van der Waals surface area contributed by atoms with Gasteiger partial charge in [-0.05, 0) is 120 Å². The maximum Gasteiger partial charge on any atom is 0.0663 e. The molecule has 0 aromatic heterocycles. The fourth-order valence-corrected chi connectivity index (χ4v) is 12.0. The van der Waals surface area contributed by atoms with Crippen molar-refractivity contribution < 1.29 is 9.84 Å². The number of ether oxygens (including phenoxy) is 1. The Bertz CT molecular complexity index is 801. The van der Waals surface area contributed by atoms with E-state index in [1.54, 1.807) is 0 Å². The molecular weight excluding hydrogens is 392 g/mol. The van der Waals surface area contributed by atoms with Crippen LogP contribution in [0.3, 0.4) is 0 Å². The molecule has 0 spiro atoms. The highest BCUT2D eigenvalue weighted by molar-refractivity contribution is 5.21. The Morgan fingerprint density at radius 1 is 0.688 bits per heavy atom. The van der Waals surface area contributed by atoms with Gasteiger partial charge in [-0.25, -0.2) is 0 Å². The summed E-state index contributed by atoms with van der Waals surface area (Å²) < 4.78 is 6.71. The van der Waals surface area contributed by atoms with Crippen LogP contribution >= 0.6 is 0 Å². The fourth-order valence-electron chi connectivity index (χ4n) is 12.0. The lowest BCUT2D eigenvalue weighted by atomic mass is 9.31. The molecule has 0 unspecified atom stereocenters. The van der Waals surface area contributed by atoms with Crippen molar-refractivity contribution in [3.63, 3.8) is 0 Å². The van der Waals surface area contributed by atoms with Gasteiger partial charge in [-0.2, -0.15) is 0 Å². The Hall–Kier alpha value is -0.0800. The molecule has 5 saturated carbocycles. The van der Waals surface area contributed by atoms with E-state index in [2.05, 4.69) is 48.5 Å². The number of fused-ring (bicyclic) bond motifs is 5. The van der Waals surface area contributed by atoms with Crippen LogP contribution in [0.25, 0.3) is 0 Å². The molecule has 0 aromatic carbocycles. The van der Waals surface area contributed by atoms with E-state index in [0.29, 0.717) is 39.1 Å². The van der Waals surface area contributed by atoms with Crippen LogP contribution in [0.1, 0.15) is 113 Å². The lowest BCUT2D eigenvalue weighted by Gasteiger charge is -2.73. The normalized spacial score (nSPS) is 60.0. The van der Waals surface area contributed by atoms with Crippen molar-refractivity contribution in [3.05, 3.63) is 0 Å². The molecule has 0 aromatic rings. The third kappa shape index (κ3) is 2.41. The van der Waals surface area contributed by atoms with E-state index >= 15 is 0 Å². The lowest BCUT2D eigenvalue weighted by molar-refractivity contribution is -0.252. The van der Waals surface area contributed by atoms with Gasteiger partial charge in [-0.3, -0.25) is 0 Å². The molecule has 1 N–H and O–H groups in total. The largest absolute Gasteiger partial charge is 0.393 e. The van der Waals surface area contributed by atoms with Gasteiger partial charge in [-0.15, -0.1) is 0 Å². The first-order valence-corrected chi connectivity index (χ1v) is 14.1. The van der Waals surface area contributed by atoms with Crippen LogP contribution in [0, 0.1) is 56.2 Å². The molecule has 6 rings (SSSR count). The van der Waals surface area contributed by atoms with Crippen molar-refractivity contribution in [1.29, 1.82) is 0 Å². The summed E-state index contributed by atoms with van der Waals surface area (Å²) in [6.45, 7) is 18.9. The molecule has 2 nitrogen and oxygen atoms in total. The third-order valence-electron chi connectivity index (χ3n) is 14.1. The SMILES string of the molecule is CC1(C)CC[C@]23CC[C@]4(C)[C@H](CC[C@@H]5[C@@]6(C)CC[C@H](O)C(C)(C)[C@@H]6CC[C@]54C)[C@@H]2[C@H]1OC3. The summed E-state index contributed by atoms with van der Waals surface area (Å²) in [4.78, 5) is 0. The number of aliphatic hydroxyl groups is 1. The zero-order valence-electron chi connectivity index (χ0n) is 22.1. The Labute approximate surface area is 197 Å². The molecule has 5 aliphatic carbocycles. The Kier molecular flexibility index (Phi) is 4.46. The first kappa shape index (κ1) is 22.4. The smallest absolute Gasteiger partial charge is 0.0663 e. The monoisotopic (exact) mass is 442 g/mol. The Balaban J connectivity index is 1.39. The third-order valence-corrected chi connectivity index (χ3v) is 14.1. The van der Waals surface area contributed by atoms with E-state index in [4.69, 9.17) is 4.74 Å². The van der Waals surface area contributed by atoms with Crippen molar-refractivity contribution in [2.24, 2.45) is 56.2 Å². The van der Waals surface area contributed by atoms with Crippen LogP contribution in [-0.4, -0.2) is 23.9 Å². The second kappa shape index (κ2) is 6.37. The zero-order valence-corrected chi connectivity index (χ0v) is 22.1. The Morgan fingerprint density at radius 3 is 2.16 bits per heavy atom. The average molecular weight is 443 g/mol. The lowest BCUT2D eigenvalue weighted by Crippen LogP contribution is -2.67. The summed E-state index contributed by atoms with van der Waals surface area (Å²) in [7, 11) is 0. The molecule has 32 heavy (non-hydrogen) atoms. The molecule has 6 fully saturated rings. The fraction of sp³-hybridized carbons (Fsp3) is 1.00. The standard InChI is InChI=1S/C30H50O2/c1-25(2)14-16-30-17-15-28(6)19(23(30)24(25)32-18-30)8-9-21-27(5)12-11-22(31)26(3,4)20(27)10-13-29(21,28)7/h19-24,31H,8-18H2,1-7H3/t19-,20+,21-,22+,23-,24-,27+,28-,29-,30-/m1/s1. The minimum atomic E-state index is -0.122. The minimum absolute atomic E-state index is 0.0586. The van der Waals surface area contributed by atoms with Crippen LogP contribution < -0.4 is 0 Å². The van der Waals surface area contributed by atoms with Crippen molar-refractivity contribution >= 4 is 0 Å². The van der Waals surface area contributed by atoms with Crippen LogP contribution in [0.2, 0.25) is 0 Å². The van der Waals surface area contributed by atoms with Gasteiger partial charge < -0.3 is 9.84 Å². The van der Waals surface area contributed by atoms with E-state index < -0.39 is 0 Å². The van der Waals surface area contributed by atoms with Crippen LogP contribution in [0.4, 0.5) is 0 Å². The Morgan fingerprint density at radius 2 is 1.41 bits per heavy atom. The molecule has 2 bridgehead atoms. The van der Waals surface area contributed by atoms with Gasteiger partial charge in [0.15, 0.2) is 0 Å². The van der Waals surface area contributed by atoms with Gasteiger partial charge >= 0.3 is 0 Å². The molecule has 6 aliphatic rings. The molecule has 1 aliphatic heterocycles. The first-order valence-electron chi connectivity index (χ1n) is 14.1. The van der Waals surface area contributed by atoms with E-state index in [9.17, 15) is 5.11 Å². The van der Waals surface area contributed by atoms with Crippen LogP contribution in [-0.2, 0) is 4.74 Å². The maximum absolute atomic E-state index is 10.9. The molecule has 1 heterocycles. The summed E-state index contributed by atoms with van der Waals surface area (Å²) >= 11 is 0. The predicted molar refractivity (Wildman–Crippen MR) is 130 cm³/mol. The summed E-state index contributed by atoms with van der Waals surface area (Å²) in [5, 5.41) is 10.9. The molecule has 2 heteroatoms. The van der Waals surface area contributed by atoms with E-state index in [1.165, 1.54) is 57.8 Å². The molecule has 0 radical (unpaired) electrons. The molecular formula is C30H50O2. The van der Waals surface area contributed by atoms with Crippen molar-refractivity contribution in [1.82, 2.24) is 0 Å². The summed E-state index contributed by atoms with van der Waals surface area (Å²) in [5.41, 5.74) is 2.16. The van der Waals surface area contributed by atoms with Gasteiger partial charge in [0.05, 0.1) is 18.8 Å². The topological polar surface area (TPSA) is 29.5 Å². The number of aliphatic hydroxyl groups excluding tert-OH is 1. The highest BCUT2D eigenvalue weighted by Crippen LogP contribution is 2.78. The number of rotatable bonds is 0. The highest BCUT2D eigenvalue weighted by Gasteiger charge is 2.72. The van der Waals surface area contributed by atoms with Crippen LogP contribution in [0.15, 0.2) is 0 Å². The summed E-state index contributed by atoms with van der Waals surface area (Å²) in [5.74, 6) is 3.11. The van der Waals surface area contributed by atoms with Crippen molar-refractivity contribution in [2.45, 2.75) is 125 Å². The first-order chi connectivity index (χ1) is 14.8. The summed E-state index contributed by atoms with van der Waals surface area (Å²) in [6, 6.07) is 0. The van der Waals surface area contributed by atoms with Gasteiger partial charge in [-0.1, -0.05) is 48.5 Å². The van der Waals surface area contributed by atoms with Gasteiger partial charge in [0.25, 0.3) is 0 Å². The predicted octanol–water partition coefficient (Wildman–Crippen LogP) is 7.24. The zero-order chi connectivity index (χ0) is 22.9. The second-order valence-corrected chi connectivity index (χ2v) is 15.7. The molecule has 182 valence electrons.